The average molecular weight is 326 g/mol. The minimum absolute atomic E-state index is 0.0803. The van der Waals surface area contributed by atoms with E-state index in [0.29, 0.717) is 17.1 Å². The number of fused-ring (bicyclic) bond motifs is 2. The first-order valence-corrected chi connectivity index (χ1v) is 7.01. The number of nitrogen functional groups attached to an aromatic ring is 1. The van der Waals surface area contributed by atoms with E-state index in [0.717, 1.165) is 11.0 Å². The van der Waals surface area contributed by atoms with Crippen LogP contribution in [0.1, 0.15) is 10.4 Å². The largest absolute Gasteiger partial charge is 0.482 e. The lowest BCUT2D eigenvalue weighted by molar-refractivity contribution is -0.118. The van der Waals surface area contributed by atoms with Crippen LogP contribution in [0.25, 0.3) is 11.0 Å². The zero-order valence-corrected chi connectivity index (χ0v) is 12.4. The van der Waals surface area contributed by atoms with Crippen molar-refractivity contribution in [1.82, 2.24) is 9.97 Å². The maximum Gasteiger partial charge on any atom is 0.335 e. The molecular weight excluding hydrogens is 312 g/mol. The third kappa shape index (κ3) is 3.27. The number of hydrogen-bond donors (Lipinski definition) is 4. The first-order valence-electron chi connectivity index (χ1n) is 7.01. The summed E-state index contributed by atoms with van der Waals surface area (Å²) in [6.45, 7) is 0.0803. The number of rotatable bonds is 1. The fraction of sp³-hybridized carbons (Fsp3) is 0.0625. The van der Waals surface area contributed by atoms with Gasteiger partial charge in [-0.1, -0.05) is 0 Å². The number of nitrogens with one attached hydrogen (secondary N) is 2. The van der Waals surface area contributed by atoms with Gasteiger partial charge in [-0.05, 0) is 36.4 Å². The Bertz CT molecular complexity index is 919. The van der Waals surface area contributed by atoms with Gasteiger partial charge < -0.3 is 25.9 Å². The summed E-state index contributed by atoms with van der Waals surface area (Å²) in [5.41, 5.74) is 8.57. The molecule has 4 rings (SSSR count). The van der Waals surface area contributed by atoms with Crippen LogP contribution in [0.15, 0.2) is 42.7 Å². The van der Waals surface area contributed by atoms with Gasteiger partial charge in [0.15, 0.2) is 6.61 Å². The minimum atomic E-state index is -0.925. The SMILES string of the molecule is Nc1ccc2c(c1)NC(=O)CO2.O=C(O)c1ccc2nc[nH]c2c1. The van der Waals surface area contributed by atoms with Crippen LogP contribution >= 0.6 is 0 Å². The fourth-order valence-corrected chi connectivity index (χ4v) is 2.17. The van der Waals surface area contributed by atoms with Gasteiger partial charge in [0.2, 0.25) is 0 Å². The Hall–Kier alpha value is -3.55. The Kier molecular flexibility index (Phi) is 4.02. The van der Waals surface area contributed by atoms with Crippen LogP contribution in [-0.2, 0) is 4.79 Å². The lowest BCUT2D eigenvalue weighted by Crippen LogP contribution is -2.25. The maximum atomic E-state index is 10.9. The summed E-state index contributed by atoms with van der Waals surface area (Å²) in [6.07, 6.45) is 1.54. The highest BCUT2D eigenvalue weighted by Crippen LogP contribution is 2.28. The highest BCUT2D eigenvalue weighted by atomic mass is 16.5. The number of H-pyrrole nitrogens is 1. The predicted molar refractivity (Wildman–Crippen MR) is 88.0 cm³/mol. The number of imidazole rings is 1. The third-order valence-electron chi connectivity index (χ3n) is 3.30. The van der Waals surface area contributed by atoms with Crippen molar-refractivity contribution in [3.8, 4) is 5.75 Å². The first-order chi connectivity index (χ1) is 11.5. The summed E-state index contributed by atoms with van der Waals surface area (Å²) in [5, 5.41) is 11.3. The molecule has 1 aliphatic heterocycles. The molecule has 0 bridgehead atoms. The van der Waals surface area contributed by atoms with Crippen molar-refractivity contribution in [2.24, 2.45) is 0 Å². The Labute approximate surface area is 136 Å². The number of carbonyl (C=O) groups excluding carboxylic acids is 1. The highest BCUT2D eigenvalue weighted by molar-refractivity contribution is 5.96. The van der Waals surface area contributed by atoms with E-state index in [2.05, 4.69) is 15.3 Å². The van der Waals surface area contributed by atoms with Gasteiger partial charge >= 0.3 is 5.97 Å². The van der Waals surface area contributed by atoms with Crippen LogP contribution in [0.5, 0.6) is 5.75 Å². The molecule has 0 unspecified atom stereocenters. The molecule has 24 heavy (non-hydrogen) atoms. The molecule has 2 aromatic carbocycles. The quantitative estimate of drug-likeness (QED) is 0.505. The zero-order chi connectivity index (χ0) is 17.1. The van der Waals surface area contributed by atoms with E-state index in [9.17, 15) is 9.59 Å². The molecule has 8 heteroatoms. The summed E-state index contributed by atoms with van der Waals surface area (Å²) in [4.78, 5) is 28.2. The van der Waals surface area contributed by atoms with Crippen molar-refractivity contribution in [1.29, 1.82) is 0 Å². The number of anilines is 2. The number of aromatic carboxylic acids is 1. The number of aromatic amines is 1. The Balaban J connectivity index is 0.000000141. The van der Waals surface area contributed by atoms with Crippen LogP contribution in [0.3, 0.4) is 0 Å². The van der Waals surface area contributed by atoms with Gasteiger partial charge in [-0.25, -0.2) is 9.78 Å². The van der Waals surface area contributed by atoms with Gasteiger partial charge in [0.25, 0.3) is 5.91 Å². The van der Waals surface area contributed by atoms with E-state index in [1.54, 1.807) is 30.3 Å². The zero-order valence-electron chi connectivity index (χ0n) is 12.4. The predicted octanol–water partition coefficient (Wildman–Crippen LogP) is 1.86. The monoisotopic (exact) mass is 326 g/mol. The summed E-state index contributed by atoms with van der Waals surface area (Å²) < 4.78 is 5.12. The topological polar surface area (TPSA) is 130 Å². The van der Waals surface area contributed by atoms with Crippen molar-refractivity contribution >= 4 is 34.3 Å². The second-order valence-electron chi connectivity index (χ2n) is 5.03. The maximum absolute atomic E-state index is 10.9. The number of ether oxygens (including phenoxy) is 1. The Morgan fingerprint density at radius 2 is 2.08 bits per heavy atom. The van der Waals surface area contributed by atoms with Crippen LogP contribution in [0.2, 0.25) is 0 Å². The van der Waals surface area contributed by atoms with Gasteiger partial charge in [-0.2, -0.15) is 0 Å². The molecule has 0 spiro atoms. The summed E-state index contributed by atoms with van der Waals surface area (Å²) in [6, 6.07) is 9.91. The van der Waals surface area contributed by atoms with Crippen LogP contribution in [-0.4, -0.2) is 33.6 Å². The highest BCUT2D eigenvalue weighted by Gasteiger charge is 2.14. The molecule has 122 valence electrons. The molecule has 0 saturated heterocycles. The second-order valence-corrected chi connectivity index (χ2v) is 5.03. The fourth-order valence-electron chi connectivity index (χ4n) is 2.17. The van der Waals surface area contributed by atoms with Crippen LogP contribution < -0.4 is 15.8 Å². The van der Waals surface area contributed by atoms with E-state index in [4.69, 9.17) is 15.6 Å². The van der Waals surface area contributed by atoms with Gasteiger partial charge in [0.1, 0.15) is 5.75 Å². The molecule has 0 aliphatic carbocycles. The average Bonchev–Trinajstić information content (AvgIpc) is 3.02. The molecule has 5 N–H and O–H groups in total. The molecule has 8 nitrogen and oxygen atoms in total. The van der Waals surface area contributed by atoms with Crippen molar-refractivity contribution in [2.45, 2.75) is 0 Å². The second kappa shape index (κ2) is 6.29. The molecule has 0 atom stereocenters. The number of nitrogens with two attached hydrogens (primary N) is 1. The minimum Gasteiger partial charge on any atom is -0.482 e. The van der Waals surface area contributed by atoms with E-state index >= 15 is 0 Å². The molecular formula is C16H14N4O4. The number of aromatic nitrogens is 2. The number of nitrogens with zero attached hydrogens (tertiary/aromatic N) is 1. The van der Waals surface area contributed by atoms with E-state index in [1.165, 1.54) is 12.4 Å². The number of hydrogen-bond acceptors (Lipinski definition) is 5. The van der Waals surface area contributed by atoms with Crippen LogP contribution in [0, 0.1) is 0 Å². The number of amides is 1. The number of carboxylic acids is 1. The van der Waals surface area contributed by atoms with Gasteiger partial charge in [-0.15, -0.1) is 0 Å². The molecule has 2 heterocycles. The molecule has 0 saturated carbocycles. The number of carbonyl (C=O) groups is 2. The summed E-state index contributed by atoms with van der Waals surface area (Å²) in [5.74, 6) is -0.400. The van der Waals surface area contributed by atoms with Gasteiger partial charge in [-0.3, -0.25) is 4.79 Å². The Morgan fingerprint density at radius 3 is 2.88 bits per heavy atom. The van der Waals surface area contributed by atoms with Crippen molar-refractivity contribution in [3.05, 3.63) is 48.3 Å². The van der Waals surface area contributed by atoms with E-state index in [-0.39, 0.29) is 18.1 Å². The number of carboxylic acid groups (broad SMARTS) is 1. The standard InChI is InChI=1S/C8H8N2O2.C8H6N2O2/c9-5-1-2-7-6(3-5)10-8(11)4-12-7;11-8(12)5-1-2-6-7(3-5)10-4-9-6/h1-3H,4,9H2,(H,10,11);1-4H,(H,9,10)(H,11,12). The lowest BCUT2D eigenvalue weighted by Gasteiger charge is -2.17. The van der Waals surface area contributed by atoms with Crippen LogP contribution in [0.4, 0.5) is 11.4 Å². The molecule has 1 amide bonds. The molecule has 0 fully saturated rings. The smallest absolute Gasteiger partial charge is 0.335 e. The van der Waals surface area contributed by atoms with Gasteiger partial charge in [0.05, 0.1) is 28.6 Å². The molecule has 0 radical (unpaired) electrons. The summed E-state index contributed by atoms with van der Waals surface area (Å²) in [7, 11) is 0. The third-order valence-corrected chi connectivity index (χ3v) is 3.30. The van der Waals surface area contributed by atoms with E-state index in [1.807, 2.05) is 0 Å². The first kappa shape index (κ1) is 15.3. The molecule has 3 aromatic rings. The molecule has 1 aromatic heterocycles. The van der Waals surface area contributed by atoms with Gasteiger partial charge in [0, 0.05) is 5.69 Å². The number of benzene rings is 2. The normalized spacial score (nSPS) is 12.4. The van der Waals surface area contributed by atoms with E-state index < -0.39 is 5.97 Å². The summed E-state index contributed by atoms with van der Waals surface area (Å²) >= 11 is 0. The lowest BCUT2D eigenvalue weighted by atomic mass is 10.2. The molecule has 1 aliphatic rings. The van der Waals surface area contributed by atoms with Crippen molar-refractivity contribution in [2.75, 3.05) is 17.7 Å². The Morgan fingerprint density at radius 1 is 1.25 bits per heavy atom. The van der Waals surface area contributed by atoms with Crippen molar-refractivity contribution in [3.63, 3.8) is 0 Å². The van der Waals surface area contributed by atoms with Crippen molar-refractivity contribution < 1.29 is 19.4 Å².